The second-order valence-corrected chi connectivity index (χ2v) is 6.82. The van der Waals surface area contributed by atoms with Gasteiger partial charge in [0.25, 0.3) is 0 Å². The van der Waals surface area contributed by atoms with Gasteiger partial charge in [-0.25, -0.2) is 0 Å². The van der Waals surface area contributed by atoms with Gasteiger partial charge in [0.05, 0.1) is 6.54 Å². The van der Waals surface area contributed by atoms with Crippen LogP contribution in [0.1, 0.15) is 40.0 Å². The highest BCUT2D eigenvalue weighted by Crippen LogP contribution is 2.17. The number of hydrogen-bond acceptors (Lipinski definition) is 3. The normalized spacial score (nSPS) is 17.4. The van der Waals surface area contributed by atoms with E-state index in [1.807, 2.05) is 23.1 Å². The molecule has 0 amide bonds. The van der Waals surface area contributed by atoms with E-state index in [0.29, 0.717) is 12.0 Å². The van der Waals surface area contributed by atoms with Crippen molar-refractivity contribution >= 4 is 5.96 Å². The van der Waals surface area contributed by atoms with Crippen LogP contribution in [-0.2, 0) is 6.54 Å². The molecule has 0 aromatic carbocycles. The largest absolute Gasteiger partial charge is 0.357 e. The number of aliphatic imine (C=N–C) groups is 1. The molecular formula is C18H34N6. The third-order valence-corrected chi connectivity index (χ3v) is 4.58. The molecule has 136 valence electrons. The zero-order valence-corrected chi connectivity index (χ0v) is 15.5. The molecule has 0 saturated carbocycles. The van der Waals surface area contributed by atoms with Gasteiger partial charge in [0, 0.05) is 38.1 Å². The number of nitrogens with one attached hydrogen (secondary N) is 2. The molecule has 6 heteroatoms. The van der Waals surface area contributed by atoms with Crippen LogP contribution >= 0.6 is 0 Å². The van der Waals surface area contributed by atoms with Gasteiger partial charge in [-0.2, -0.15) is 5.10 Å². The average Bonchev–Trinajstić information content (AvgIpc) is 3.25. The lowest BCUT2D eigenvalue weighted by atomic mass is 10.0. The highest BCUT2D eigenvalue weighted by molar-refractivity contribution is 5.79. The fourth-order valence-corrected chi connectivity index (χ4v) is 3.23. The number of likely N-dealkylation sites (tertiary alicyclic amines) is 1. The summed E-state index contributed by atoms with van der Waals surface area (Å²) in [5.74, 6) is 1.57. The van der Waals surface area contributed by atoms with Crippen molar-refractivity contribution in [2.75, 3.05) is 32.7 Å². The molecule has 6 nitrogen and oxygen atoms in total. The Morgan fingerprint density at radius 2 is 2.04 bits per heavy atom. The smallest absolute Gasteiger partial charge is 0.191 e. The Bertz CT molecular complexity index is 462. The van der Waals surface area contributed by atoms with Crippen molar-refractivity contribution in [1.82, 2.24) is 25.3 Å². The standard InChI is InChI=1S/C18H34N6/c1-4-19-18(20-9-7-13-24-14-8-10-22-24)21-15-17(16(2)3)23-11-5-6-12-23/h8,10,14,16-17H,4-7,9,11-13,15H2,1-3H3,(H2,19,20,21). The first-order chi connectivity index (χ1) is 11.7. The Labute approximate surface area is 146 Å². The number of guanidine groups is 1. The molecule has 1 aromatic heterocycles. The van der Waals surface area contributed by atoms with E-state index in [-0.39, 0.29) is 0 Å². The fourth-order valence-electron chi connectivity index (χ4n) is 3.23. The Morgan fingerprint density at radius 3 is 2.67 bits per heavy atom. The van der Waals surface area contributed by atoms with Crippen LogP contribution in [0, 0.1) is 5.92 Å². The van der Waals surface area contributed by atoms with Crippen molar-refractivity contribution in [1.29, 1.82) is 0 Å². The van der Waals surface area contributed by atoms with Gasteiger partial charge in [-0.05, 0) is 51.3 Å². The first-order valence-electron chi connectivity index (χ1n) is 9.44. The summed E-state index contributed by atoms with van der Waals surface area (Å²) in [6, 6.07) is 2.51. The summed E-state index contributed by atoms with van der Waals surface area (Å²) >= 11 is 0. The summed E-state index contributed by atoms with van der Waals surface area (Å²) < 4.78 is 1.97. The van der Waals surface area contributed by atoms with Gasteiger partial charge in [-0.3, -0.25) is 14.6 Å². The Morgan fingerprint density at radius 1 is 1.25 bits per heavy atom. The third-order valence-electron chi connectivity index (χ3n) is 4.58. The first kappa shape index (κ1) is 18.8. The summed E-state index contributed by atoms with van der Waals surface area (Å²) in [4.78, 5) is 7.45. The van der Waals surface area contributed by atoms with Crippen LogP contribution in [-0.4, -0.2) is 59.4 Å². The monoisotopic (exact) mass is 334 g/mol. The molecule has 24 heavy (non-hydrogen) atoms. The van der Waals surface area contributed by atoms with E-state index in [9.17, 15) is 0 Å². The van der Waals surface area contributed by atoms with Crippen molar-refractivity contribution in [3.05, 3.63) is 18.5 Å². The molecule has 1 fully saturated rings. The molecule has 2 rings (SSSR count). The fraction of sp³-hybridized carbons (Fsp3) is 0.778. The van der Waals surface area contributed by atoms with Gasteiger partial charge in [-0.15, -0.1) is 0 Å². The number of nitrogens with zero attached hydrogens (tertiary/aromatic N) is 4. The van der Waals surface area contributed by atoms with E-state index in [4.69, 9.17) is 4.99 Å². The zero-order chi connectivity index (χ0) is 17.2. The van der Waals surface area contributed by atoms with E-state index in [1.54, 1.807) is 0 Å². The number of hydrogen-bond donors (Lipinski definition) is 2. The predicted molar refractivity (Wildman–Crippen MR) is 100 cm³/mol. The SMILES string of the molecule is CCNC(=NCC(C(C)C)N1CCCC1)NCCCn1cccn1. The topological polar surface area (TPSA) is 57.5 Å². The van der Waals surface area contributed by atoms with Crippen molar-refractivity contribution in [3.63, 3.8) is 0 Å². The van der Waals surface area contributed by atoms with E-state index in [2.05, 4.69) is 41.4 Å². The molecule has 1 aliphatic heterocycles. The molecule has 1 atom stereocenters. The summed E-state index contributed by atoms with van der Waals surface area (Å²) in [5.41, 5.74) is 0. The van der Waals surface area contributed by atoms with Crippen LogP contribution in [0.4, 0.5) is 0 Å². The van der Waals surface area contributed by atoms with Crippen LogP contribution in [0.15, 0.2) is 23.5 Å². The number of aromatic nitrogens is 2. The minimum atomic E-state index is 0.548. The first-order valence-corrected chi connectivity index (χ1v) is 9.44. The maximum Gasteiger partial charge on any atom is 0.191 e. The molecule has 1 saturated heterocycles. The van der Waals surface area contributed by atoms with Crippen molar-refractivity contribution in [3.8, 4) is 0 Å². The van der Waals surface area contributed by atoms with Gasteiger partial charge < -0.3 is 10.6 Å². The Kier molecular flexibility index (Phi) is 8.08. The lowest BCUT2D eigenvalue weighted by Crippen LogP contribution is -2.42. The average molecular weight is 335 g/mol. The van der Waals surface area contributed by atoms with E-state index in [0.717, 1.165) is 38.6 Å². The summed E-state index contributed by atoms with van der Waals surface area (Å²) in [6.45, 7) is 12.8. The van der Waals surface area contributed by atoms with Gasteiger partial charge in [0.15, 0.2) is 5.96 Å². The molecule has 0 aliphatic carbocycles. The molecule has 0 bridgehead atoms. The van der Waals surface area contributed by atoms with Crippen LogP contribution in [0.2, 0.25) is 0 Å². The molecule has 2 N–H and O–H groups in total. The van der Waals surface area contributed by atoms with Gasteiger partial charge in [0.1, 0.15) is 0 Å². The molecular weight excluding hydrogens is 300 g/mol. The molecule has 1 aliphatic rings. The van der Waals surface area contributed by atoms with Gasteiger partial charge in [-0.1, -0.05) is 13.8 Å². The molecule has 2 heterocycles. The van der Waals surface area contributed by atoms with Gasteiger partial charge in [0.2, 0.25) is 0 Å². The summed E-state index contributed by atoms with van der Waals surface area (Å²) in [6.07, 6.45) is 7.52. The van der Waals surface area contributed by atoms with Crippen LogP contribution in [0.5, 0.6) is 0 Å². The lowest BCUT2D eigenvalue weighted by Gasteiger charge is -2.29. The highest BCUT2D eigenvalue weighted by Gasteiger charge is 2.24. The van der Waals surface area contributed by atoms with E-state index >= 15 is 0 Å². The minimum absolute atomic E-state index is 0.548. The quantitative estimate of drug-likeness (QED) is 0.412. The zero-order valence-electron chi connectivity index (χ0n) is 15.5. The van der Waals surface area contributed by atoms with Crippen LogP contribution in [0.25, 0.3) is 0 Å². The maximum atomic E-state index is 4.84. The summed E-state index contributed by atoms with van der Waals surface area (Å²) in [7, 11) is 0. The van der Waals surface area contributed by atoms with Crippen molar-refractivity contribution in [2.45, 2.75) is 52.6 Å². The van der Waals surface area contributed by atoms with E-state index in [1.165, 1.54) is 25.9 Å². The number of rotatable bonds is 9. The Balaban J connectivity index is 1.79. The molecule has 1 aromatic rings. The van der Waals surface area contributed by atoms with Crippen LogP contribution in [0.3, 0.4) is 0 Å². The minimum Gasteiger partial charge on any atom is -0.357 e. The maximum absolute atomic E-state index is 4.84. The number of aryl methyl sites for hydroxylation is 1. The van der Waals surface area contributed by atoms with Crippen molar-refractivity contribution < 1.29 is 0 Å². The second-order valence-electron chi connectivity index (χ2n) is 6.82. The third kappa shape index (κ3) is 6.15. The Hall–Kier alpha value is -1.56. The highest BCUT2D eigenvalue weighted by atomic mass is 15.3. The van der Waals surface area contributed by atoms with Crippen LogP contribution < -0.4 is 10.6 Å². The van der Waals surface area contributed by atoms with Crippen molar-refractivity contribution in [2.24, 2.45) is 10.9 Å². The summed E-state index contributed by atoms with van der Waals surface area (Å²) in [5, 5.41) is 11.0. The molecule has 0 radical (unpaired) electrons. The second kappa shape index (κ2) is 10.3. The predicted octanol–water partition coefficient (Wildman–Crippen LogP) is 1.95. The lowest BCUT2D eigenvalue weighted by molar-refractivity contribution is 0.197. The van der Waals surface area contributed by atoms with Gasteiger partial charge >= 0.3 is 0 Å². The molecule has 1 unspecified atom stereocenters. The molecule has 0 spiro atoms. The van der Waals surface area contributed by atoms with E-state index < -0.39 is 0 Å².